The lowest BCUT2D eigenvalue weighted by molar-refractivity contribution is 0.193. The lowest BCUT2D eigenvalue weighted by Gasteiger charge is -2.31. The Morgan fingerprint density at radius 1 is 1.33 bits per heavy atom. The van der Waals surface area contributed by atoms with Crippen molar-refractivity contribution >= 4 is 11.7 Å². The largest absolute Gasteiger partial charge is 0.382 e. The highest BCUT2D eigenvalue weighted by Gasteiger charge is 2.20. The Bertz CT molecular complexity index is 605. The summed E-state index contributed by atoms with van der Waals surface area (Å²) in [7, 11) is 0. The maximum Gasteiger partial charge on any atom is 0.314 e. The van der Waals surface area contributed by atoms with Crippen molar-refractivity contribution in [1.29, 1.82) is 0 Å². The third-order valence-corrected chi connectivity index (χ3v) is 3.64. The number of anilines is 1. The molecule has 0 radical (unpaired) electrons. The number of aromatic nitrogens is 4. The van der Waals surface area contributed by atoms with Gasteiger partial charge in [-0.15, -0.1) is 5.10 Å². The quantitative estimate of drug-likeness (QED) is 0.861. The van der Waals surface area contributed by atoms with Crippen LogP contribution in [0.4, 0.5) is 10.5 Å². The molecule has 0 bridgehead atoms. The molecule has 3 rings (SSSR count). The molecule has 1 aromatic heterocycles. The molecule has 8 heteroatoms. The number of carbonyl (C=O) groups is 1. The second kappa shape index (κ2) is 5.78. The molecular weight excluding hydrogens is 270 g/mol. The van der Waals surface area contributed by atoms with Gasteiger partial charge < -0.3 is 16.0 Å². The molecule has 2 aromatic rings. The first kappa shape index (κ1) is 13.3. The van der Waals surface area contributed by atoms with Crippen molar-refractivity contribution in [2.75, 3.05) is 18.4 Å². The molecule has 21 heavy (non-hydrogen) atoms. The number of urea groups is 1. The standard InChI is InChI=1S/C13H17N7O/c14-13(21)19-6-4-10(5-7-19)16-11-2-1-3-12(8-11)20-9-15-17-18-20/h1-3,8-10,16H,4-7H2,(H2,14,21). The van der Waals surface area contributed by atoms with Gasteiger partial charge in [-0.3, -0.25) is 0 Å². The van der Waals surface area contributed by atoms with Crippen LogP contribution in [0.1, 0.15) is 12.8 Å². The Balaban J connectivity index is 1.64. The summed E-state index contributed by atoms with van der Waals surface area (Å²) in [6.07, 6.45) is 3.33. The molecule has 8 nitrogen and oxygen atoms in total. The van der Waals surface area contributed by atoms with Crippen LogP contribution in [-0.2, 0) is 0 Å². The highest BCUT2D eigenvalue weighted by molar-refractivity contribution is 5.72. The molecular formula is C13H17N7O. The van der Waals surface area contributed by atoms with Crippen molar-refractivity contribution in [2.24, 2.45) is 5.73 Å². The molecule has 1 aromatic carbocycles. The number of rotatable bonds is 3. The first-order chi connectivity index (χ1) is 10.2. The number of amides is 2. The summed E-state index contributed by atoms with van der Waals surface area (Å²) in [5.74, 6) is 0. The average molecular weight is 287 g/mol. The molecule has 2 heterocycles. The summed E-state index contributed by atoms with van der Waals surface area (Å²) in [4.78, 5) is 12.8. The lowest BCUT2D eigenvalue weighted by atomic mass is 10.0. The van der Waals surface area contributed by atoms with E-state index >= 15 is 0 Å². The van der Waals surface area contributed by atoms with E-state index in [2.05, 4.69) is 20.8 Å². The highest BCUT2D eigenvalue weighted by atomic mass is 16.2. The van der Waals surface area contributed by atoms with E-state index in [0.29, 0.717) is 19.1 Å². The third-order valence-electron chi connectivity index (χ3n) is 3.64. The highest BCUT2D eigenvalue weighted by Crippen LogP contribution is 2.18. The molecule has 1 saturated heterocycles. The molecule has 1 aliphatic heterocycles. The zero-order chi connectivity index (χ0) is 14.7. The summed E-state index contributed by atoms with van der Waals surface area (Å²) in [6.45, 7) is 1.39. The van der Waals surface area contributed by atoms with E-state index in [1.165, 1.54) is 0 Å². The van der Waals surface area contributed by atoms with E-state index in [1.54, 1.807) is 15.9 Å². The average Bonchev–Trinajstić information content (AvgIpc) is 3.02. The number of piperidine rings is 1. The van der Waals surface area contributed by atoms with Crippen LogP contribution in [0.25, 0.3) is 5.69 Å². The van der Waals surface area contributed by atoms with Gasteiger partial charge in [0.2, 0.25) is 0 Å². The molecule has 0 unspecified atom stereocenters. The van der Waals surface area contributed by atoms with Gasteiger partial charge in [0.05, 0.1) is 5.69 Å². The fraction of sp³-hybridized carbons (Fsp3) is 0.385. The first-order valence-corrected chi connectivity index (χ1v) is 6.87. The van der Waals surface area contributed by atoms with Crippen LogP contribution < -0.4 is 11.1 Å². The number of nitrogens with one attached hydrogen (secondary N) is 1. The summed E-state index contributed by atoms with van der Waals surface area (Å²) in [5, 5.41) is 14.6. The van der Waals surface area contributed by atoms with Crippen LogP contribution in [-0.4, -0.2) is 50.3 Å². The maximum atomic E-state index is 11.1. The fourth-order valence-corrected chi connectivity index (χ4v) is 2.50. The lowest BCUT2D eigenvalue weighted by Crippen LogP contribution is -2.44. The normalized spacial score (nSPS) is 15.9. The zero-order valence-electron chi connectivity index (χ0n) is 11.5. The Hall–Kier alpha value is -2.64. The van der Waals surface area contributed by atoms with E-state index in [1.807, 2.05) is 24.3 Å². The van der Waals surface area contributed by atoms with Gasteiger partial charge in [-0.05, 0) is 41.5 Å². The van der Waals surface area contributed by atoms with Gasteiger partial charge in [0, 0.05) is 24.8 Å². The van der Waals surface area contributed by atoms with Crippen LogP contribution in [0.2, 0.25) is 0 Å². The number of carbonyl (C=O) groups excluding carboxylic acids is 1. The van der Waals surface area contributed by atoms with Crippen molar-refractivity contribution in [3.8, 4) is 5.69 Å². The van der Waals surface area contributed by atoms with Crippen molar-refractivity contribution in [2.45, 2.75) is 18.9 Å². The fourth-order valence-electron chi connectivity index (χ4n) is 2.50. The number of primary amides is 1. The number of hydrogen-bond acceptors (Lipinski definition) is 5. The number of nitrogens with zero attached hydrogens (tertiary/aromatic N) is 5. The summed E-state index contributed by atoms with van der Waals surface area (Å²) in [6, 6.07) is 7.90. The minimum Gasteiger partial charge on any atom is -0.382 e. The Labute approximate surface area is 121 Å². The molecule has 1 aliphatic rings. The van der Waals surface area contributed by atoms with Crippen molar-refractivity contribution in [3.63, 3.8) is 0 Å². The van der Waals surface area contributed by atoms with E-state index in [9.17, 15) is 4.79 Å². The second-order valence-corrected chi connectivity index (χ2v) is 5.05. The van der Waals surface area contributed by atoms with E-state index in [4.69, 9.17) is 5.73 Å². The van der Waals surface area contributed by atoms with E-state index in [-0.39, 0.29) is 6.03 Å². The molecule has 2 amide bonds. The predicted molar refractivity (Wildman–Crippen MR) is 77.0 cm³/mol. The molecule has 3 N–H and O–H groups in total. The van der Waals surface area contributed by atoms with Crippen LogP contribution >= 0.6 is 0 Å². The van der Waals surface area contributed by atoms with Gasteiger partial charge in [-0.2, -0.15) is 0 Å². The minimum absolute atomic E-state index is 0.338. The molecule has 110 valence electrons. The van der Waals surface area contributed by atoms with Crippen LogP contribution in [0.5, 0.6) is 0 Å². The summed E-state index contributed by atoms with van der Waals surface area (Å²) < 4.78 is 1.61. The van der Waals surface area contributed by atoms with Crippen LogP contribution in [0.3, 0.4) is 0 Å². The van der Waals surface area contributed by atoms with Gasteiger partial charge in [-0.1, -0.05) is 6.07 Å². The first-order valence-electron chi connectivity index (χ1n) is 6.87. The van der Waals surface area contributed by atoms with Crippen molar-refractivity contribution < 1.29 is 4.79 Å². The molecule has 0 saturated carbocycles. The summed E-state index contributed by atoms with van der Waals surface area (Å²) in [5.41, 5.74) is 7.20. The Morgan fingerprint density at radius 2 is 2.14 bits per heavy atom. The Morgan fingerprint density at radius 3 is 2.81 bits per heavy atom. The maximum absolute atomic E-state index is 11.1. The number of nitrogens with two attached hydrogens (primary N) is 1. The topological polar surface area (TPSA) is 102 Å². The second-order valence-electron chi connectivity index (χ2n) is 5.05. The smallest absolute Gasteiger partial charge is 0.314 e. The number of tetrazole rings is 1. The zero-order valence-corrected chi connectivity index (χ0v) is 11.5. The monoisotopic (exact) mass is 287 g/mol. The molecule has 0 spiro atoms. The molecule has 0 atom stereocenters. The number of hydrogen-bond donors (Lipinski definition) is 2. The Kier molecular flexibility index (Phi) is 3.67. The minimum atomic E-state index is -0.339. The van der Waals surface area contributed by atoms with Gasteiger partial charge in [-0.25, -0.2) is 9.48 Å². The van der Waals surface area contributed by atoms with Crippen molar-refractivity contribution in [3.05, 3.63) is 30.6 Å². The predicted octanol–water partition coefficient (Wildman–Crippen LogP) is 0.617. The van der Waals surface area contributed by atoms with Gasteiger partial charge in [0.25, 0.3) is 0 Å². The SMILES string of the molecule is NC(=O)N1CCC(Nc2cccc(-n3cnnn3)c2)CC1. The van der Waals surface area contributed by atoms with Crippen molar-refractivity contribution in [1.82, 2.24) is 25.1 Å². The number of benzene rings is 1. The van der Waals surface area contributed by atoms with E-state index in [0.717, 1.165) is 24.2 Å². The third kappa shape index (κ3) is 3.10. The van der Waals surface area contributed by atoms with Crippen LogP contribution in [0, 0.1) is 0 Å². The number of likely N-dealkylation sites (tertiary alicyclic amines) is 1. The van der Waals surface area contributed by atoms with Gasteiger partial charge in [0.15, 0.2) is 0 Å². The van der Waals surface area contributed by atoms with Crippen LogP contribution in [0.15, 0.2) is 30.6 Å². The van der Waals surface area contributed by atoms with E-state index < -0.39 is 0 Å². The summed E-state index contributed by atoms with van der Waals surface area (Å²) >= 11 is 0. The van der Waals surface area contributed by atoms with Gasteiger partial charge >= 0.3 is 6.03 Å². The van der Waals surface area contributed by atoms with Gasteiger partial charge in [0.1, 0.15) is 6.33 Å². The molecule has 1 fully saturated rings. The molecule has 0 aliphatic carbocycles.